The van der Waals surface area contributed by atoms with Crippen LogP contribution in [0.5, 0.6) is 0 Å². The summed E-state index contributed by atoms with van der Waals surface area (Å²) >= 11 is 0. The molecular formula is C33H38N7O13P. The van der Waals surface area contributed by atoms with Crippen molar-refractivity contribution in [3.63, 3.8) is 0 Å². The number of H-pyrrole nitrogens is 1. The number of unbranched alkanes of at least 4 members (excludes halogenated alkanes) is 1. The summed E-state index contributed by atoms with van der Waals surface area (Å²) in [7, 11) is -3.88. The van der Waals surface area contributed by atoms with Crippen LogP contribution in [0.4, 0.5) is 11.6 Å². The highest BCUT2D eigenvalue weighted by atomic mass is 31.2. The van der Waals surface area contributed by atoms with Crippen molar-refractivity contribution in [3.05, 3.63) is 52.1 Å². The summed E-state index contributed by atoms with van der Waals surface area (Å²) in [6.07, 6.45) is 9.15. The van der Waals surface area contributed by atoms with E-state index in [2.05, 4.69) is 40.4 Å². The van der Waals surface area contributed by atoms with Gasteiger partial charge in [0.05, 0.1) is 38.3 Å². The summed E-state index contributed by atoms with van der Waals surface area (Å²) < 4.78 is 32.2. The van der Waals surface area contributed by atoms with Gasteiger partial charge >= 0.3 is 25.7 Å². The number of terminal acetylenes is 1. The molecule has 1 unspecified atom stereocenters. The lowest BCUT2D eigenvalue weighted by Gasteiger charge is -2.37. The number of hydrogen-bond acceptors (Lipinski definition) is 15. The molecule has 1 aliphatic carbocycles. The lowest BCUT2D eigenvalue weighted by molar-refractivity contribution is -0.166. The molecule has 2 amide bonds. The number of nitrogens with one attached hydrogen (secondary N) is 4. The van der Waals surface area contributed by atoms with E-state index >= 15 is 0 Å². The molecule has 3 aromatic rings. The number of aromatic amines is 1. The van der Waals surface area contributed by atoms with Crippen LogP contribution >= 0.6 is 7.82 Å². The number of carboxylic acids is 2. The number of hydrogen-bond donors (Lipinski definition) is 6. The minimum absolute atomic E-state index is 0.0425. The van der Waals surface area contributed by atoms with E-state index < -0.39 is 61.0 Å². The molecule has 4 rings (SSSR count). The maximum Gasteiger partial charge on any atom is 0.538 e. The molecule has 21 heteroatoms. The van der Waals surface area contributed by atoms with Crippen LogP contribution in [0.2, 0.25) is 0 Å². The van der Waals surface area contributed by atoms with Gasteiger partial charge in [-0.3, -0.25) is 43.3 Å². The normalized spacial score (nSPS) is 14.7. The number of carbonyl (C=O) groups excluding carboxylic acids is 3. The highest BCUT2D eigenvalue weighted by Crippen LogP contribution is 2.49. The van der Waals surface area contributed by atoms with E-state index in [0.717, 1.165) is 0 Å². The zero-order valence-corrected chi connectivity index (χ0v) is 29.9. The number of nitrogens with zero attached hydrogens (tertiary/aromatic N) is 3. The van der Waals surface area contributed by atoms with Crippen molar-refractivity contribution in [1.29, 1.82) is 0 Å². The summed E-state index contributed by atoms with van der Waals surface area (Å²) in [5.74, 6) is -4.90. The molecule has 2 atom stereocenters. The van der Waals surface area contributed by atoms with E-state index in [1.165, 1.54) is 18.3 Å². The molecule has 0 bridgehead atoms. The Morgan fingerprint density at radius 3 is 2.43 bits per heavy atom. The smallest absolute Gasteiger partial charge is 0.481 e. The second-order valence-electron chi connectivity index (χ2n) is 11.8. The Labute approximate surface area is 307 Å². The highest BCUT2D eigenvalue weighted by molar-refractivity contribution is 7.48. The number of aliphatic carboxylic acids is 2. The Kier molecular flexibility index (Phi) is 14.2. The lowest BCUT2D eigenvalue weighted by atomic mass is 9.68. The first-order chi connectivity index (χ1) is 25.8. The fourth-order valence-corrected chi connectivity index (χ4v) is 6.05. The summed E-state index contributed by atoms with van der Waals surface area (Å²) in [4.78, 5) is 88.9. The Balaban J connectivity index is 1.29. The fraction of sp³-hybridized carbons (Fsp3) is 0.424. The molecule has 2 aromatic heterocycles. The molecule has 0 saturated heterocycles. The van der Waals surface area contributed by atoms with Gasteiger partial charge in [0.2, 0.25) is 11.9 Å². The van der Waals surface area contributed by atoms with E-state index in [-0.39, 0.29) is 68.3 Å². The standard InChI is InChI=1S/C33H38N7O13P/c1-3-51-54(49,52-4-2)53-17-6-5-16-50-31(48)33(14-7-15-33)30(47)40-32-38-26-25(28(44)39-32)36-22(19-35-26)18-34-21-10-8-20(9-11-21)27(43)37-23(29(45)46)12-13-24(41)42/h1,8-11,19,23,34H,4-7,12-18H2,2H3,(H,37,43)(H,41,42)(H,45,46)(H2,35,38,39,40,44,47)/t23-,54?/m0/s1. The van der Waals surface area contributed by atoms with Gasteiger partial charge in [-0.1, -0.05) is 12.8 Å². The van der Waals surface area contributed by atoms with Crippen LogP contribution in [0.1, 0.15) is 67.9 Å². The second kappa shape index (κ2) is 18.7. The predicted octanol–water partition coefficient (Wildman–Crippen LogP) is 2.57. The number of fused-ring (bicyclic) bond motifs is 1. The number of anilines is 2. The third-order valence-corrected chi connectivity index (χ3v) is 9.48. The summed E-state index contributed by atoms with van der Waals surface area (Å²) in [6.45, 7) is 1.67. The van der Waals surface area contributed by atoms with Gasteiger partial charge in [0.1, 0.15) is 17.6 Å². The van der Waals surface area contributed by atoms with Crippen molar-refractivity contribution in [2.45, 2.75) is 64.5 Å². The Morgan fingerprint density at radius 2 is 1.80 bits per heavy atom. The van der Waals surface area contributed by atoms with E-state index in [9.17, 15) is 38.4 Å². The van der Waals surface area contributed by atoms with Gasteiger partial charge in [0, 0.05) is 17.7 Å². The summed E-state index contributed by atoms with van der Waals surface area (Å²) in [6, 6.07) is 4.64. The highest BCUT2D eigenvalue weighted by Gasteiger charge is 2.52. The minimum Gasteiger partial charge on any atom is -0.481 e. The fourth-order valence-electron chi connectivity index (χ4n) is 5.07. The maximum absolute atomic E-state index is 13.3. The largest absolute Gasteiger partial charge is 0.538 e. The first-order valence-corrected chi connectivity index (χ1v) is 18.1. The maximum atomic E-state index is 13.3. The first kappa shape index (κ1) is 40.9. The van der Waals surface area contributed by atoms with Gasteiger partial charge in [0.15, 0.2) is 11.2 Å². The Bertz CT molecular complexity index is 2010. The van der Waals surface area contributed by atoms with Crippen LogP contribution in [0, 0.1) is 17.9 Å². The zero-order chi connectivity index (χ0) is 39.3. The third-order valence-electron chi connectivity index (χ3n) is 8.08. The van der Waals surface area contributed by atoms with Gasteiger partial charge in [-0.05, 0) is 63.3 Å². The van der Waals surface area contributed by atoms with Crippen LogP contribution < -0.4 is 21.5 Å². The lowest BCUT2D eigenvalue weighted by Crippen LogP contribution is -2.49. The van der Waals surface area contributed by atoms with E-state index in [1.807, 2.05) is 0 Å². The van der Waals surface area contributed by atoms with Crippen molar-refractivity contribution < 1.29 is 57.1 Å². The van der Waals surface area contributed by atoms with Gasteiger partial charge in [0.25, 0.3) is 11.5 Å². The average molecular weight is 772 g/mol. The number of rotatable bonds is 21. The molecule has 20 nitrogen and oxygen atoms in total. The summed E-state index contributed by atoms with van der Waals surface area (Å²) in [5.41, 5.74) is -1.29. The van der Waals surface area contributed by atoms with Crippen LogP contribution in [-0.2, 0) is 48.6 Å². The summed E-state index contributed by atoms with van der Waals surface area (Å²) in [5, 5.41) is 25.9. The first-order valence-electron chi connectivity index (χ1n) is 16.7. The van der Waals surface area contributed by atoms with Crippen molar-refractivity contribution >= 4 is 60.3 Å². The Hall–Kier alpha value is -5.90. The van der Waals surface area contributed by atoms with Gasteiger partial charge in [-0.25, -0.2) is 19.3 Å². The van der Waals surface area contributed by atoms with Crippen molar-refractivity contribution in [2.75, 3.05) is 30.5 Å². The van der Waals surface area contributed by atoms with Crippen molar-refractivity contribution in [1.82, 2.24) is 25.3 Å². The molecular weight excluding hydrogens is 733 g/mol. The molecule has 0 radical (unpaired) electrons. The van der Waals surface area contributed by atoms with Crippen LogP contribution in [-0.4, -0.2) is 85.7 Å². The molecule has 0 aliphatic heterocycles. The molecule has 1 fully saturated rings. The predicted molar refractivity (Wildman–Crippen MR) is 188 cm³/mol. The number of phosphoric acid groups is 1. The molecule has 0 spiro atoms. The van der Waals surface area contributed by atoms with E-state index in [0.29, 0.717) is 30.6 Å². The van der Waals surface area contributed by atoms with Gasteiger partial charge in [-0.15, -0.1) is 0 Å². The number of aromatic nitrogens is 4. The van der Waals surface area contributed by atoms with Crippen LogP contribution in [0.15, 0.2) is 35.3 Å². The third kappa shape index (κ3) is 10.8. The van der Waals surface area contributed by atoms with Crippen molar-refractivity contribution in [2.24, 2.45) is 5.41 Å². The second-order valence-corrected chi connectivity index (χ2v) is 13.4. The molecule has 1 saturated carbocycles. The number of amides is 2. The molecule has 2 heterocycles. The molecule has 288 valence electrons. The number of esters is 1. The topological polar surface area (TPSA) is 287 Å². The van der Waals surface area contributed by atoms with Crippen molar-refractivity contribution in [3.8, 4) is 12.5 Å². The number of carbonyl (C=O) groups is 5. The van der Waals surface area contributed by atoms with Gasteiger partial charge in [-0.2, -0.15) is 4.98 Å². The molecule has 54 heavy (non-hydrogen) atoms. The number of ether oxygens (including phenoxy) is 1. The number of benzene rings is 1. The van der Waals surface area contributed by atoms with E-state index in [1.54, 1.807) is 25.2 Å². The quantitative estimate of drug-likeness (QED) is 0.0298. The zero-order valence-electron chi connectivity index (χ0n) is 29.0. The molecule has 6 N–H and O–H groups in total. The monoisotopic (exact) mass is 771 g/mol. The van der Waals surface area contributed by atoms with E-state index in [4.69, 9.17) is 25.3 Å². The molecule has 1 aromatic carbocycles. The number of carboxylic acid groups (broad SMARTS) is 2. The SMILES string of the molecule is C#COP(=O)(OCC)OCCCCOC(=O)C1(C(=O)Nc2nc3ncc(CNc4ccc(C(=O)N[C@@H](CCC(=O)O)C(=O)O)cc4)nc3c(=O)[nH]2)CCC1. The average Bonchev–Trinajstić information content (AvgIpc) is 3.10. The minimum atomic E-state index is -3.88. The van der Waals surface area contributed by atoms with Crippen LogP contribution in [0.3, 0.4) is 0 Å². The Morgan fingerprint density at radius 1 is 1.07 bits per heavy atom. The molecule has 1 aliphatic rings. The van der Waals surface area contributed by atoms with Gasteiger partial charge < -0.3 is 30.1 Å². The van der Waals surface area contributed by atoms with Crippen LogP contribution in [0.25, 0.3) is 11.2 Å². The number of phosphoric ester groups is 1.